The highest BCUT2D eigenvalue weighted by atomic mass is 14.4. The Hall–Kier alpha value is -1.56. The molecule has 0 radical (unpaired) electrons. The standard InChI is InChI=1S/C23H26/c1-2-8-16(7-1)21-15-19-13-5-11-17-12-6-14-20(22(17)19)23(21)18-9-3-4-10-18/h5-6,11-16,18,23H,1-4,7-10H2. The molecule has 0 heteroatoms. The number of hydrogen-bond acceptors (Lipinski definition) is 0. The molecule has 5 rings (SSSR count). The molecule has 118 valence electrons. The first-order chi connectivity index (χ1) is 11.4. The van der Waals surface area contributed by atoms with E-state index in [1.165, 1.54) is 62.3 Å². The third-order valence-electron chi connectivity index (χ3n) is 6.68. The second kappa shape index (κ2) is 5.51. The van der Waals surface area contributed by atoms with Crippen molar-refractivity contribution < 1.29 is 0 Å². The van der Waals surface area contributed by atoms with Crippen LogP contribution in [-0.4, -0.2) is 0 Å². The molecule has 3 aliphatic carbocycles. The zero-order valence-corrected chi connectivity index (χ0v) is 13.9. The van der Waals surface area contributed by atoms with E-state index in [-0.39, 0.29) is 0 Å². The summed E-state index contributed by atoms with van der Waals surface area (Å²) in [4.78, 5) is 0. The second-order valence-electron chi connectivity index (χ2n) is 7.94. The summed E-state index contributed by atoms with van der Waals surface area (Å²) in [6.45, 7) is 0. The van der Waals surface area contributed by atoms with Crippen LogP contribution in [0, 0.1) is 11.8 Å². The average molecular weight is 302 g/mol. The number of benzene rings is 2. The summed E-state index contributed by atoms with van der Waals surface area (Å²) in [5.41, 5.74) is 4.92. The van der Waals surface area contributed by atoms with Crippen molar-refractivity contribution in [2.75, 3.05) is 0 Å². The SMILES string of the molecule is C1=C(C2CCCC2)C(C2CCCC2)c2cccc3cccc1c23. The fourth-order valence-electron chi connectivity index (χ4n) is 5.68. The molecule has 0 aliphatic heterocycles. The Morgan fingerprint density at radius 1 is 0.739 bits per heavy atom. The van der Waals surface area contributed by atoms with E-state index in [1.54, 1.807) is 16.5 Å². The van der Waals surface area contributed by atoms with Crippen LogP contribution in [0.4, 0.5) is 0 Å². The van der Waals surface area contributed by atoms with E-state index in [1.807, 2.05) is 0 Å². The Bertz CT molecular complexity index is 749. The van der Waals surface area contributed by atoms with Crippen LogP contribution in [0.2, 0.25) is 0 Å². The highest BCUT2D eigenvalue weighted by Gasteiger charge is 2.36. The summed E-state index contributed by atoms with van der Waals surface area (Å²) >= 11 is 0. The molecule has 0 amide bonds. The van der Waals surface area contributed by atoms with E-state index in [0.29, 0.717) is 5.92 Å². The van der Waals surface area contributed by atoms with Gasteiger partial charge in [0.25, 0.3) is 0 Å². The molecule has 2 aromatic rings. The van der Waals surface area contributed by atoms with Crippen LogP contribution in [0.15, 0.2) is 42.0 Å². The number of rotatable bonds is 2. The van der Waals surface area contributed by atoms with Crippen molar-refractivity contribution in [1.82, 2.24) is 0 Å². The Labute approximate surface area is 139 Å². The first-order valence-corrected chi connectivity index (χ1v) is 9.65. The van der Waals surface area contributed by atoms with Crippen LogP contribution in [0.3, 0.4) is 0 Å². The number of allylic oxidation sites excluding steroid dienone is 1. The topological polar surface area (TPSA) is 0 Å². The van der Waals surface area contributed by atoms with E-state index >= 15 is 0 Å². The number of hydrogen-bond donors (Lipinski definition) is 0. The van der Waals surface area contributed by atoms with Crippen LogP contribution >= 0.6 is 0 Å². The fourth-order valence-corrected chi connectivity index (χ4v) is 5.68. The quantitative estimate of drug-likeness (QED) is 0.579. The largest absolute Gasteiger partial charge is 0.0613 e. The zero-order chi connectivity index (χ0) is 15.2. The Morgan fingerprint density at radius 2 is 1.43 bits per heavy atom. The molecule has 3 aliphatic rings. The van der Waals surface area contributed by atoms with Crippen molar-refractivity contribution in [3.8, 4) is 0 Å². The van der Waals surface area contributed by atoms with Crippen LogP contribution in [-0.2, 0) is 0 Å². The van der Waals surface area contributed by atoms with Crippen molar-refractivity contribution in [3.05, 3.63) is 53.1 Å². The molecule has 1 atom stereocenters. The smallest absolute Gasteiger partial charge is 0.00889 e. The molecule has 0 aromatic heterocycles. The molecule has 2 aromatic carbocycles. The van der Waals surface area contributed by atoms with Gasteiger partial charge in [0.05, 0.1) is 0 Å². The van der Waals surface area contributed by atoms with Gasteiger partial charge in [-0.05, 0) is 59.4 Å². The van der Waals surface area contributed by atoms with Crippen molar-refractivity contribution in [3.63, 3.8) is 0 Å². The fraction of sp³-hybridized carbons (Fsp3) is 0.478. The zero-order valence-electron chi connectivity index (χ0n) is 13.9. The van der Waals surface area contributed by atoms with Gasteiger partial charge in [0.15, 0.2) is 0 Å². The van der Waals surface area contributed by atoms with Gasteiger partial charge in [-0.1, -0.05) is 73.7 Å². The third-order valence-corrected chi connectivity index (χ3v) is 6.68. The molecule has 2 saturated carbocycles. The minimum absolute atomic E-state index is 0.708. The highest BCUT2D eigenvalue weighted by molar-refractivity contribution is 5.96. The third kappa shape index (κ3) is 2.18. The lowest BCUT2D eigenvalue weighted by atomic mass is 9.69. The predicted octanol–water partition coefficient (Wildman–Crippen LogP) is 6.70. The van der Waals surface area contributed by atoms with Gasteiger partial charge in [-0.3, -0.25) is 0 Å². The van der Waals surface area contributed by atoms with Crippen molar-refractivity contribution in [2.45, 2.75) is 57.3 Å². The van der Waals surface area contributed by atoms with Gasteiger partial charge in [-0.2, -0.15) is 0 Å². The highest BCUT2D eigenvalue weighted by Crippen LogP contribution is 2.52. The second-order valence-corrected chi connectivity index (χ2v) is 7.94. The first kappa shape index (κ1) is 13.8. The van der Waals surface area contributed by atoms with Crippen LogP contribution < -0.4 is 0 Å². The summed E-state index contributed by atoms with van der Waals surface area (Å²) in [5, 5.41) is 2.98. The van der Waals surface area contributed by atoms with Gasteiger partial charge in [-0.15, -0.1) is 0 Å². The maximum absolute atomic E-state index is 2.61. The molecular weight excluding hydrogens is 276 g/mol. The Balaban J connectivity index is 1.72. The lowest BCUT2D eigenvalue weighted by Crippen LogP contribution is -2.20. The van der Waals surface area contributed by atoms with E-state index in [2.05, 4.69) is 42.5 Å². The summed E-state index contributed by atoms with van der Waals surface area (Å²) in [6, 6.07) is 13.9. The summed E-state index contributed by atoms with van der Waals surface area (Å²) < 4.78 is 0. The van der Waals surface area contributed by atoms with Crippen molar-refractivity contribution in [2.24, 2.45) is 11.8 Å². The summed E-state index contributed by atoms with van der Waals surface area (Å²) in [6.07, 6.45) is 14.1. The van der Waals surface area contributed by atoms with Gasteiger partial charge in [-0.25, -0.2) is 0 Å². The molecule has 0 saturated heterocycles. The monoisotopic (exact) mass is 302 g/mol. The average Bonchev–Trinajstić information content (AvgIpc) is 3.29. The van der Waals surface area contributed by atoms with Gasteiger partial charge in [0.1, 0.15) is 0 Å². The Kier molecular flexibility index (Phi) is 3.32. The molecule has 2 fully saturated rings. The minimum atomic E-state index is 0.708. The molecule has 0 spiro atoms. The summed E-state index contributed by atoms with van der Waals surface area (Å²) in [7, 11) is 0. The molecular formula is C23H26. The van der Waals surface area contributed by atoms with Gasteiger partial charge >= 0.3 is 0 Å². The molecule has 23 heavy (non-hydrogen) atoms. The van der Waals surface area contributed by atoms with E-state index in [9.17, 15) is 0 Å². The minimum Gasteiger partial charge on any atom is -0.0613 e. The molecule has 0 nitrogen and oxygen atoms in total. The van der Waals surface area contributed by atoms with Crippen LogP contribution in [0.1, 0.15) is 68.4 Å². The molecule has 0 heterocycles. The predicted molar refractivity (Wildman–Crippen MR) is 98.6 cm³/mol. The lowest BCUT2D eigenvalue weighted by molar-refractivity contribution is 0.439. The van der Waals surface area contributed by atoms with Crippen molar-refractivity contribution >= 4 is 16.8 Å². The normalized spacial score (nSPS) is 25.2. The van der Waals surface area contributed by atoms with Crippen molar-refractivity contribution in [1.29, 1.82) is 0 Å². The van der Waals surface area contributed by atoms with E-state index in [4.69, 9.17) is 0 Å². The van der Waals surface area contributed by atoms with Gasteiger partial charge < -0.3 is 0 Å². The molecule has 0 bridgehead atoms. The van der Waals surface area contributed by atoms with E-state index < -0.39 is 0 Å². The lowest BCUT2D eigenvalue weighted by Gasteiger charge is -2.34. The van der Waals surface area contributed by atoms with Gasteiger partial charge in [0.2, 0.25) is 0 Å². The maximum Gasteiger partial charge on any atom is 0.00889 e. The van der Waals surface area contributed by atoms with E-state index in [0.717, 1.165) is 11.8 Å². The molecule has 1 unspecified atom stereocenters. The maximum atomic E-state index is 2.61. The molecule has 0 N–H and O–H groups in total. The van der Waals surface area contributed by atoms with Gasteiger partial charge in [0, 0.05) is 5.92 Å². The summed E-state index contributed by atoms with van der Waals surface area (Å²) in [5.74, 6) is 2.45. The Morgan fingerprint density at radius 3 is 2.22 bits per heavy atom. The van der Waals surface area contributed by atoms with Crippen LogP contribution in [0.25, 0.3) is 16.8 Å². The van der Waals surface area contributed by atoms with Crippen LogP contribution in [0.5, 0.6) is 0 Å². The first-order valence-electron chi connectivity index (χ1n) is 9.65.